The number of nitrogens with zero attached hydrogens (tertiary/aromatic N) is 2. The number of imidazole rings is 1. The van der Waals surface area contributed by atoms with Crippen molar-refractivity contribution in [2.24, 2.45) is 0 Å². The van der Waals surface area contributed by atoms with Gasteiger partial charge in [-0.15, -0.1) is 0 Å². The standard InChI is InChI=1S/C26H20N2O2S/c1-19-12-14-22(15-13-19)31(29,30)28-18-27-24-17-16-23(20-8-4-2-5-9-20)25(26(24)28)21-10-6-3-7-11-21/h2-18H,1H3. The van der Waals surface area contributed by atoms with E-state index >= 15 is 0 Å². The molecule has 4 nitrogen and oxygen atoms in total. The molecule has 5 heteroatoms. The second kappa shape index (κ2) is 7.52. The van der Waals surface area contributed by atoms with Gasteiger partial charge in [-0.1, -0.05) is 84.4 Å². The predicted octanol–water partition coefficient (Wildman–Crippen LogP) is 5.92. The topological polar surface area (TPSA) is 52.0 Å². The minimum atomic E-state index is -3.81. The molecule has 5 aromatic rings. The van der Waals surface area contributed by atoms with Crippen LogP contribution in [0.3, 0.4) is 0 Å². The highest BCUT2D eigenvalue weighted by atomic mass is 32.2. The summed E-state index contributed by atoms with van der Waals surface area (Å²) in [6.45, 7) is 1.93. The van der Waals surface area contributed by atoms with Crippen LogP contribution >= 0.6 is 0 Å². The zero-order valence-corrected chi connectivity index (χ0v) is 17.8. The fourth-order valence-electron chi connectivity index (χ4n) is 3.84. The molecule has 1 aromatic heterocycles. The van der Waals surface area contributed by atoms with Gasteiger partial charge in [-0.3, -0.25) is 0 Å². The molecule has 0 aliphatic rings. The number of rotatable bonds is 4. The maximum atomic E-state index is 13.6. The molecule has 5 rings (SSSR count). The van der Waals surface area contributed by atoms with E-state index in [0.29, 0.717) is 11.0 Å². The Hall–Kier alpha value is -3.70. The van der Waals surface area contributed by atoms with Gasteiger partial charge < -0.3 is 0 Å². The lowest BCUT2D eigenvalue weighted by Gasteiger charge is -2.15. The summed E-state index contributed by atoms with van der Waals surface area (Å²) in [5, 5.41) is 0. The van der Waals surface area contributed by atoms with E-state index < -0.39 is 10.0 Å². The lowest BCUT2D eigenvalue weighted by atomic mass is 9.93. The van der Waals surface area contributed by atoms with E-state index in [9.17, 15) is 8.42 Å². The molecule has 0 aliphatic heterocycles. The number of aryl methyl sites for hydroxylation is 1. The van der Waals surface area contributed by atoms with Gasteiger partial charge in [0.2, 0.25) is 0 Å². The van der Waals surface area contributed by atoms with Gasteiger partial charge in [0.05, 0.1) is 15.9 Å². The van der Waals surface area contributed by atoms with Crippen molar-refractivity contribution < 1.29 is 8.42 Å². The van der Waals surface area contributed by atoms with E-state index in [-0.39, 0.29) is 4.90 Å². The summed E-state index contributed by atoms with van der Waals surface area (Å²) in [7, 11) is -3.81. The Morgan fingerprint density at radius 1 is 0.710 bits per heavy atom. The molecule has 31 heavy (non-hydrogen) atoms. The zero-order chi connectivity index (χ0) is 21.4. The van der Waals surface area contributed by atoms with Gasteiger partial charge in [0.15, 0.2) is 0 Å². The first-order valence-corrected chi connectivity index (χ1v) is 11.4. The average Bonchev–Trinajstić information content (AvgIpc) is 3.25. The third kappa shape index (κ3) is 3.33. The first kappa shape index (κ1) is 19.3. The zero-order valence-electron chi connectivity index (χ0n) is 16.9. The summed E-state index contributed by atoms with van der Waals surface area (Å²) in [5.41, 5.74) is 5.97. The molecule has 0 saturated carbocycles. The van der Waals surface area contributed by atoms with Gasteiger partial charge in [-0.25, -0.2) is 17.4 Å². The van der Waals surface area contributed by atoms with Crippen LogP contribution in [0.1, 0.15) is 5.56 Å². The minimum absolute atomic E-state index is 0.238. The molecule has 0 unspecified atom stereocenters. The summed E-state index contributed by atoms with van der Waals surface area (Å²) in [4.78, 5) is 4.67. The van der Waals surface area contributed by atoms with Crippen molar-refractivity contribution in [2.45, 2.75) is 11.8 Å². The van der Waals surface area contributed by atoms with Crippen LogP contribution in [-0.2, 0) is 10.0 Å². The maximum absolute atomic E-state index is 13.6. The summed E-state index contributed by atoms with van der Waals surface area (Å²) in [5.74, 6) is 0. The van der Waals surface area contributed by atoms with Crippen LogP contribution in [0, 0.1) is 6.92 Å². The first-order valence-electron chi connectivity index (χ1n) is 9.99. The van der Waals surface area contributed by atoms with E-state index in [1.54, 1.807) is 24.3 Å². The quantitative estimate of drug-likeness (QED) is 0.360. The second-order valence-electron chi connectivity index (χ2n) is 7.45. The molecule has 0 bridgehead atoms. The predicted molar refractivity (Wildman–Crippen MR) is 124 cm³/mol. The second-order valence-corrected chi connectivity index (χ2v) is 9.26. The number of hydrogen-bond donors (Lipinski definition) is 0. The SMILES string of the molecule is Cc1ccc(S(=O)(=O)n2cnc3ccc(-c4ccccc4)c(-c4ccccc4)c32)cc1. The maximum Gasteiger partial charge on any atom is 0.269 e. The van der Waals surface area contributed by atoms with E-state index in [1.165, 1.54) is 10.3 Å². The van der Waals surface area contributed by atoms with Crippen molar-refractivity contribution in [2.75, 3.05) is 0 Å². The number of benzene rings is 4. The average molecular weight is 425 g/mol. The highest BCUT2D eigenvalue weighted by molar-refractivity contribution is 7.90. The number of aromatic nitrogens is 2. The Morgan fingerprint density at radius 2 is 1.32 bits per heavy atom. The van der Waals surface area contributed by atoms with E-state index in [2.05, 4.69) is 4.98 Å². The van der Waals surface area contributed by atoms with Crippen molar-refractivity contribution in [3.05, 3.63) is 109 Å². The first-order chi connectivity index (χ1) is 15.1. The summed E-state index contributed by atoms with van der Waals surface area (Å²) in [6.07, 6.45) is 1.40. The van der Waals surface area contributed by atoms with Crippen LogP contribution in [0.4, 0.5) is 0 Å². The van der Waals surface area contributed by atoms with Crippen molar-refractivity contribution >= 4 is 21.1 Å². The van der Waals surface area contributed by atoms with Crippen LogP contribution in [0.15, 0.2) is 108 Å². The highest BCUT2D eigenvalue weighted by Gasteiger charge is 2.23. The van der Waals surface area contributed by atoms with Gasteiger partial charge in [0, 0.05) is 5.56 Å². The largest absolute Gasteiger partial charge is 0.269 e. The van der Waals surface area contributed by atoms with Crippen LogP contribution < -0.4 is 0 Å². The number of fused-ring (bicyclic) bond motifs is 1. The fraction of sp³-hybridized carbons (Fsp3) is 0.0385. The van der Waals surface area contributed by atoms with E-state index in [4.69, 9.17) is 0 Å². The summed E-state index contributed by atoms with van der Waals surface area (Å²) in [6, 6.07) is 30.6. The Morgan fingerprint density at radius 3 is 1.97 bits per heavy atom. The van der Waals surface area contributed by atoms with E-state index in [0.717, 1.165) is 27.8 Å². The third-order valence-electron chi connectivity index (χ3n) is 5.40. The van der Waals surface area contributed by atoms with Crippen LogP contribution in [0.25, 0.3) is 33.3 Å². The van der Waals surface area contributed by atoms with Gasteiger partial charge in [0.1, 0.15) is 6.33 Å². The molecule has 4 aromatic carbocycles. The van der Waals surface area contributed by atoms with Gasteiger partial charge in [0.25, 0.3) is 10.0 Å². The Kier molecular flexibility index (Phi) is 4.68. The molecule has 0 radical (unpaired) electrons. The van der Waals surface area contributed by atoms with Gasteiger partial charge >= 0.3 is 0 Å². The molecule has 0 N–H and O–H groups in total. The molecule has 0 amide bonds. The molecular weight excluding hydrogens is 404 g/mol. The Bertz CT molecular complexity index is 1470. The molecule has 0 spiro atoms. The van der Waals surface area contributed by atoms with Gasteiger partial charge in [-0.05, 0) is 41.8 Å². The highest BCUT2D eigenvalue weighted by Crippen LogP contribution is 2.38. The third-order valence-corrected chi connectivity index (χ3v) is 7.07. The minimum Gasteiger partial charge on any atom is -0.236 e. The molecule has 0 atom stereocenters. The van der Waals surface area contributed by atoms with Crippen LogP contribution in [0.5, 0.6) is 0 Å². The fourth-order valence-corrected chi connectivity index (χ4v) is 5.14. The molecule has 0 aliphatic carbocycles. The number of hydrogen-bond acceptors (Lipinski definition) is 3. The molecular formula is C26H20N2O2S. The van der Waals surface area contributed by atoms with Crippen molar-refractivity contribution in [3.63, 3.8) is 0 Å². The van der Waals surface area contributed by atoms with Crippen molar-refractivity contribution in [1.29, 1.82) is 0 Å². The smallest absolute Gasteiger partial charge is 0.236 e. The normalized spacial score (nSPS) is 11.6. The molecule has 1 heterocycles. The Balaban J connectivity index is 1.86. The van der Waals surface area contributed by atoms with Crippen molar-refractivity contribution in [3.8, 4) is 22.3 Å². The molecule has 0 saturated heterocycles. The monoisotopic (exact) mass is 424 g/mol. The van der Waals surface area contributed by atoms with Crippen molar-refractivity contribution in [1.82, 2.24) is 8.96 Å². The van der Waals surface area contributed by atoms with Crippen LogP contribution in [0.2, 0.25) is 0 Å². The Labute approximate surface area is 181 Å². The van der Waals surface area contributed by atoms with Crippen LogP contribution in [-0.4, -0.2) is 17.4 Å². The summed E-state index contributed by atoms with van der Waals surface area (Å²) < 4.78 is 28.5. The lowest BCUT2D eigenvalue weighted by molar-refractivity contribution is 0.588. The molecule has 0 fully saturated rings. The van der Waals surface area contributed by atoms with E-state index in [1.807, 2.05) is 79.7 Å². The van der Waals surface area contributed by atoms with Gasteiger partial charge in [-0.2, -0.15) is 0 Å². The molecule has 152 valence electrons. The summed E-state index contributed by atoms with van der Waals surface area (Å²) >= 11 is 0. The lowest BCUT2D eigenvalue weighted by Crippen LogP contribution is -2.12.